The van der Waals surface area contributed by atoms with Gasteiger partial charge in [0.2, 0.25) is 11.8 Å². The van der Waals surface area contributed by atoms with E-state index in [4.69, 9.17) is 0 Å². The summed E-state index contributed by atoms with van der Waals surface area (Å²) < 4.78 is 0. The van der Waals surface area contributed by atoms with Crippen molar-refractivity contribution < 1.29 is 9.59 Å². The van der Waals surface area contributed by atoms with Gasteiger partial charge in [-0.2, -0.15) is 0 Å². The Morgan fingerprint density at radius 1 is 1.05 bits per heavy atom. The number of halogens is 1. The summed E-state index contributed by atoms with van der Waals surface area (Å²) >= 11 is 3.45. The van der Waals surface area contributed by atoms with Crippen molar-refractivity contribution in [2.45, 2.75) is 83.1 Å². The second-order valence-electron chi connectivity index (χ2n) is 6.17. The van der Waals surface area contributed by atoms with Gasteiger partial charge in [0.25, 0.3) is 0 Å². The molecule has 22 heavy (non-hydrogen) atoms. The molecule has 0 aliphatic carbocycles. The Morgan fingerprint density at radius 2 is 1.68 bits per heavy atom. The lowest BCUT2D eigenvalue weighted by atomic mass is 10.1. The first-order valence-corrected chi connectivity index (χ1v) is 9.99. The molecular weight excluding hydrogens is 344 g/mol. The second-order valence-corrected chi connectivity index (χ2v) is 6.97. The van der Waals surface area contributed by atoms with E-state index in [1.807, 2.05) is 0 Å². The molecule has 2 amide bonds. The van der Waals surface area contributed by atoms with Crippen molar-refractivity contribution in [3.05, 3.63) is 0 Å². The molecule has 1 heterocycles. The number of hydrogen-bond acceptors (Lipinski definition) is 2. The van der Waals surface area contributed by atoms with Crippen LogP contribution in [0.3, 0.4) is 0 Å². The Labute approximate surface area is 143 Å². The average molecular weight is 375 g/mol. The van der Waals surface area contributed by atoms with Gasteiger partial charge in [-0.15, -0.1) is 0 Å². The summed E-state index contributed by atoms with van der Waals surface area (Å²) in [5.41, 5.74) is 0. The lowest BCUT2D eigenvalue weighted by Crippen LogP contribution is -2.45. The van der Waals surface area contributed by atoms with Gasteiger partial charge < -0.3 is 10.6 Å². The Kier molecular flexibility index (Phi) is 11.4. The Balaban J connectivity index is 1.98. The summed E-state index contributed by atoms with van der Waals surface area (Å²) in [6, 6.07) is -0.315. The fourth-order valence-electron chi connectivity index (χ4n) is 2.78. The minimum atomic E-state index is -0.315. The summed E-state index contributed by atoms with van der Waals surface area (Å²) in [5, 5.41) is 6.84. The van der Waals surface area contributed by atoms with E-state index in [2.05, 4.69) is 26.6 Å². The van der Waals surface area contributed by atoms with Crippen LogP contribution in [0.2, 0.25) is 0 Å². The van der Waals surface area contributed by atoms with Crippen LogP contribution in [0.25, 0.3) is 0 Å². The molecule has 1 aliphatic rings. The summed E-state index contributed by atoms with van der Waals surface area (Å²) in [7, 11) is 0. The van der Waals surface area contributed by atoms with E-state index in [-0.39, 0.29) is 17.9 Å². The lowest BCUT2D eigenvalue weighted by molar-refractivity contribution is -0.128. The highest BCUT2D eigenvalue weighted by atomic mass is 79.9. The van der Waals surface area contributed by atoms with Gasteiger partial charge in [0.05, 0.1) is 0 Å². The molecule has 1 aliphatic heterocycles. The van der Waals surface area contributed by atoms with Crippen molar-refractivity contribution in [3.8, 4) is 0 Å². The van der Waals surface area contributed by atoms with E-state index < -0.39 is 0 Å². The lowest BCUT2D eigenvalue weighted by Gasteiger charge is -2.15. The van der Waals surface area contributed by atoms with Crippen LogP contribution < -0.4 is 10.6 Å². The van der Waals surface area contributed by atoms with Gasteiger partial charge >= 0.3 is 0 Å². The Hall–Kier alpha value is -0.580. The molecular formula is C17H31BrN2O2. The number of alkyl halides is 1. The molecule has 0 aromatic rings. The largest absolute Gasteiger partial charge is 0.354 e. The molecule has 5 heteroatoms. The van der Waals surface area contributed by atoms with E-state index in [1.54, 1.807) is 0 Å². The molecule has 1 fully saturated rings. The molecule has 4 nitrogen and oxygen atoms in total. The number of nitrogens with one attached hydrogen (secondary N) is 2. The molecule has 128 valence electrons. The number of hydrogen-bond donors (Lipinski definition) is 2. The van der Waals surface area contributed by atoms with Crippen LogP contribution in [0.5, 0.6) is 0 Å². The zero-order valence-corrected chi connectivity index (χ0v) is 15.3. The summed E-state index contributed by atoms with van der Waals surface area (Å²) in [5.74, 6) is 0.00806. The molecule has 0 aromatic heterocycles. The van der Waals surface area contributed by atoms with E-state index in [9.17, 15) is 9.59 Å². The molecule has 0 aromatic carbocycles. The number of carbonyl (C=O) groups excluding carboxylic acids is 2. The van der Waals surface area contributed by atoms with Gasteiger partial charge in [-0.25, -0.2) is 0 Å². The SMILES string of the molecule is O=C(CCCCCCCCCCBr)N[C@H]1CCCCNC1=O. The van der Waals surface area contributed by atoms with Crippen molar-refractivity contribution in [2.24, 2.45) is 0 Å². The maximum atomic E-state index is 11.9. The van der Waals surface area contributed by atoms with E-state index in [1.165, 1.54) is 38.5 Å². The zero-order chi connectivity index (χ0) is 16.0. The smallest absolute Gasteiger partial charge is 0.242 e. The molecule has 1 rings (SSSR count). The standard InChI is InChI=1S/C17H31BrN2O2/c18-13-9-6-4-2-1-3-5-7-12-16(21)20-15-11-8-10-14-19-17(15)22/h15H,1-14H2,(H,19,22)(H,20,21)/t15-/m0/s1. The van der Waals surface area contributed by atoms with Gasteiger partial charge in [-0.1, -0.05) is 54.5 Å². The van der Waals surface area contributed by atoms with Crippen LogP contribution in [0, 0.1) is 0 Å². The van der Waals surface area contributed by atoms with Crippen LogP contribution in [0.1, 0.15) is 77.0 Å². The van der Waals surface area contributed by atoms with Gasteiger partial charge in [0, 0.05) is 18.3 Å². The number of rotatable bonds is 11. The molecule has 0 radical (unpaired) electrons. The first kappa shape index (κ1) is 19.5. The highest BCUT2D eigenvalue weighted by Gasteiger charge is 2.21. The predicted octanol–water partition coefficient (Wildman–Crippen LogP) is 3.68. The average Bonchev–Trinajstić information content (AvgIpc) is 2.71. The summed E-state index contributed by atoms with van der Waals surface area (Å²) in [6.45, 7) is 0.737. The number of unbranched alkanes of at least 4 members (excludes halogenated alkanes) is 7. The van der Waals surface area contributed by atoms with Crippen LogP contribution in [-0.2, 0) is 9.59 Å². The normalized spacial score (nSPS) is 18.6. The zero-order valence-electron chi connectivity index (χ0n) is 13.7. The van der Waals surface area contributed by atoms with Crippen LogP contribution in [0.15, 0.2) is 0 Å². The van der Waals surface area contributed by atoms with Crippen molar-refractivity contribution >= 4 is 27.7 Å². The molecule has 2 N–H and O–H groups in total. The van der Waals surface area contributed by atoms with Crippen LogP contribution in [0.4, 0.5) is 0 Å². The quantitative estimate of drug-likeness (QED) is 0.428. The Morgan fingerprint density at radius 3 is 2.36 bits per heavy atom. The van der Waals surface area contributed by atoms with E-state index in [0.717, 1.165) is 44.0 Å². The maximum Gasteiger partial charge on any atom is 0.242 e. The van der Waals surface area contributed by atoms with Gasteiger partial charge in [-0.05, 0) is 32.1 Å². The molecule has 0 bridgehead atoms. The second kappa shape index (κ2) is 12.9. The van der Waals surface area contributed by atoms with Gasteiger partial charge in [0.1, 0.15) is 6.04 Å². The van der Waals surface area contributed by atoms with Crippen molar-refractivity contribution in [1.82, 2.24) is 10.6 Å². The third-order valence-corrected chi connectivity index (χ3v) is 4.72. The number of amides is 2. The third kappa shape index (κ3) is 9.44. The monoisotopic (exact) mass is 374 g/mol. The molecule has 1 atom stereocenters. The molecule has 0 saturated carbocycles. The minimum Gasteiger partial charge on any atom is -0.354 e. The van der Waals surface area contributed by atoms with Crippen molar-refractivity contribution in [1.29, 1.82) is 0 Å². The van der Waals surface area contributed by atoms with E-state index in [0.29, 0.717) is 6.42 Å². The highest BCUT2D eigenvalue weighted by molar-refractivity contribution is 9.09. The van der Waals surface area contributed by atoms with E-state index >= 15 is 0 Å². The molecule has 0 unspecified atom stereocenters. The number of carbonyl (C=O) groups is 2. The van der Waals surface area contributed by atoms with Crippen LogP contribution >= 0.6 is 15.9 Å². The Bertz CT molecular complexity index is 324. The fourth-order valence-corrected chi connectivity index (χ4v) is 3.18. The molecule has 1 saturated heterocycles. The van der Waals surface area contributed by atoms with Gasteiger partial charge in [0.15, 0.2) is 0 Å². The fraction of sp³-hybridized carbons (Fsp3) is 0.882. The molecule has 0 spiro atoms. The van der Waals surface area contributed by atoms with Crippen molar-refractivity contribution in [3.63, 3.8) is 0 Å². The highest BCUT2D eigenvalue weighted by Crippen LogP contribution is 2.11. The first-order valence-electron chi connectivity index (χ1n) is 8.87. The minimum absolute atomic E-state index is 0.0191. The summed E-state index contributed by atoms with van der Waals surface area (Å²) in [6.07, 6.45) is 13.1. The van der Waals surface area contributed by atoms with Crippen molar-refractivity contribution in [2.75, 3.05) is 11.9 Å². The van der Waals surface area contributed by atoms with Gasteiger partial charge in [-0.3, -0.25) is 9.59 Å². The summed E-state index contributed by atoms with van der Waals surface area (Å²) in [4.78, 5) is 23.6. The van der Waals surface area contributed by atoms with Crippen LogP contribution in [-0.4, -0.2) is 29.7 Å². The topological polar surface area (TPSA) is 58.2 Å². The first-order chi connectivity index (χ1) is 10.7. The predicted molar refractivity (Wildman–Crippen MR) is 94.1 cm³/mol. The third-order valence-electron chi connectivity index (χ3n) is 4.16. The maximum absolute atomic E-state index is 11.9.